The van der Waals surface area contributed by atoms with Gasteiger partial charge in [-0.2, -0.15) is 13.2 Å². The van der Waals surface area contributed by atoms with E-state index in [0.717, 1.165) is 12.1 Å². The van der Waals surface area contributed by atoms with Crippen molar-refractivity contribution in [3.63, 3.8) is 0 Å². The normalized spacial score (nSPS) is 19.0. The van der Waals surface area contributed by atoms with Crippen LogP contribution in [0.25, 0.3) is 22.2 Å². The van der Waals surface area contributed by atoms with Crippen LogP contribution in [0, 0.1) is 5.92 Å². The highest BCUT2D eigenvalue weighted by atomic mass is 35.5. The van der Waals surface area contributed by atoms with Crippen molar-refractivity contribution in [2.45, 2.75) is 37.0 Å². The summed E-state index contributed by atoms with van der Waals surface area (Å²) < 4.78 is 51.1. The van der Waals surface area contributed by atoms with Crippen molar-refractivity contribution in [1.29, 1.82) is 0 Å². The van der Waals surface area contributed by atoms with Crippen molar-refractivity contribution in [3.05, 3.63) is 82.1 Å². The predicted molar refractivity (Wildman–Crippen MR) is 159 cm³/mol. The topological polar surface area (TPSA) is 137 Å². The van der Waals surface area contributed by atoms with E-state index >= 15 is 0 Å². The van der Waals surface area contributed by atoms with Crippen molar-refractivity contribution in [3.8, 4) is 22.8 Å². The molecule has 1 unspecified atom stereocenters. The SMILES string of the molecule is COc1cc(C(=O)NCC(O)(c2cc3c(c(-c4ccc(C(F)(F)F)cc4)n2)OC[C@]3(C)C(N)=O)C2CC2)cc2cc(Cl)cnc12. The standard InChI is InChI=1S/C32H28ClF3N4O5/c1-30(29(37)42)15-45-27-22(30)12-24(40-26(27)16-3-5-20(6-4-16)32(34,35)36)31(43,19-7-8-19)14-39-28(41)18-9-17-10-21(33)13-38-25(17)23(11-18)44-2/h3-6,9-13,19,43H,7-8,14-15H2,1-2H3,(H2,37,42)(H,39,41)/t30-,31?/m0/s1. The number of carbonyl (C=O) groups excluding carboxylic acids is 2. The molecule has 234 valence electrons. The first-order chi connectivity index (χ1) is 21.2. The lowest BCUT2D eigenvalue weighted by Gasteiger charge is -2.30. The molecule has 2 aliphatic rings. The lowest BCUT2D eigenvalue weighted by molar-refractivity contribution is -0.137. The van der Waals surface area contributed by atoms with E-state index in [4.69, 9.17) is 31.8 Å². The van der Waals surface area contributed by atoms with Crippen LogP contribution in [-0.4, -0.2) is 47.2 Å². The number of rotatable bonds is 8. The number of halogens is 4. The van der Waals surface area contributed by atoms with Crippen molar-refractivity contribution in [1.82, 2.24) is 15.3 Å². The zero-order chi connectivity index (χ0) is 32.3. The molecule has 4 N–H and O–H groups in total. The minimum absolute atomic E-state index is 0.113. The van der Waals surface area contributed by atoms with Gasteiger partial charge >= 0.3 is 6.18 Å². The molecule has 6 rings (SSSR count). The molecule has 1 aliphatic carbocycles. The van der Waals surface area contributed by atoms with E-state index in [1.807, 2.05) is 0 Å². The minimum Gasteiger partial charge on any atom is -0.494 e. The molecule has 13 heteroatoms. The van der Waals surface area contributed by atoms with E-state index in [1.54, 1.807) is 19.1 Å². The monoisotopic (exact) mass is 640 g/mol. The second kappa shape index (κ2) is 10.9. The van der Waals surface area contributed by atoms with E-state index in [0.29, 0.717) is 40.1 Å². The molecular weight excluding hydrogens is 613 g/mol. The summed E-state index contributed by atoms with van der Waals surface area (Å²) in [7, 11) is 1.45. The molecule has 1 fully saturated rings. The van der Waals surface area contributed by atoms with E-state index in [2.05, 4.69) is 10.3 Å². The number of alkyl halides is 3. The maximum atomic E-state index is 13.4. The maximum absolute atomic E-state index is 13.4. The van der Waals surface area contributed by atoms with Gasteiger partial charge in [-0.3, -0.25) is 14.6 Å². The molecule has 4 aromatic rings. The van der Waals surface area contributed by atoms with Crippen molar-refractivity contribution in [2.75, 3.05) is 20.3 Å². The lowest BCUT2D eigenvalue weighted by Crippen LogP contribution is -2.44. The molecule has 2 aromatic carbocycles. The van der Waals surface area contributed by atoms with Crippen LogP contribution in [0.1, 0.15) is 46.9 Å². The number of primary amides is 1. The van der Waals surface area contributed by atoms with Gasteiger partial charge in [0.25, 0.3) is 5.91 Å². The predicted octanol–water partition coefficient (Wildman–Crippen LogP) is 5.14. The van der Waals surface area contributed by atoms with Crippen LogP contribution < -0.4 is 20.5 Å². The summed E-state index contributed by atoms with van der Waals surface area (Å²) in [6, 6.07) is 10.7. The third-order valence-electron chi connectivity index (χ3n) is 8.51. The van der Waals surface area contributed by atoms with Crippen LogP contribution in [0.4, 0.5) is 13.2 Å². The zero-order valence-electron chi connectivity index (χ0n) is 24.2. The first kappa shape index (κ1) is 30.6. The molecule has 2 aromatic heterocycles. The molecule has 0 bridgehead atoms. The van der Waals surface area contributed by atoms with Gasteiger partial charge in [0, 0.05) is 28.3 Å². The van der Waals surface area contributed by atoms with E-state index < -0.39 is 34.6 Å². The summed E-state index contributed by atoms with van der Waals surface area (Å²) in [4.78, 5) is 35.0. The van der Waals surface area contributed by atoms with Gasteiger partial charge in [0.1, 0.15) is 40.3 Å². The van der Waals surface area contributed by atoms with Gasteiger partial charge in [0.2, 0.25) is 5.91 Å². The Morgan fingerprint density at radius 2 is 1.89 bits per heavy atom. The Labute approximate surface area is 260 Å². The van der Waals surface area contributed by atoms with Crippen LogP contribution in [0.2, 0.25) is 5.02 Å². The molecule has 1 aliphatic heterocycles. The molecule has 0 spiro atoms. The average molecular weight is 641 g/mol. The number of carbonyl (C=O) groups is 2. The van der Waals surface area contributed by atoms with Crippen LogP contribution in [0.5, 0.6) is 11.5 Å². The Kier molecular flexibility index (Phi) is 7.40. The van der Waals surface area contributed by atoms with Gasteiger partial charge < -0.3 is 25.6 Å². The molecule has 45 heavy (non-hydrogen) atoms. The molecular formula is C32H28ClF3N4O5. The van der Waals surface area contributed by atoms with Gasteiger partial charge in [-0.15, -0.1) is 0 Å². The number of amides is 2. The number of nitrogens with one attached hydrogen (secondary N) is 1. The number of pyridine rings is 2. The summed E-state index contributed by atoms with van der Waals surface area (Å²) in [5.74, 6) is -0.930. The minimum atomic E-state index is -4.54. The summed E-state index contributed by atoms with van der Waals surface area (Å²) in [6.07, 6.45) is -1.80. The summed E-state index contributed by atoms with van der Waals surface area (Å²) in [5.41, 5.74) is 3.60. The highest BCUT2D eigenvalue weighted by molar-refractivity contribution is 6.31. The average Bonchev–Trinajstić information content (AvgIpc) is 3.82. The summed E-state index contributed by atoms with van der Waals surface area (Å²) in [5, 5.41) is 15.9. The Hall–Kier alpha value is -4.42. The number of nitrogens with zero attached hydrogens (tertiary/aromatic N) is 2. The van der Waals surface area contributed by atoms with Gasteiger partial charge in [0.15, 0.2) is 0 Å². The third-order valence-corrected chi connectivity index (χ3v) is 8.72. The summed E-state index contributed by atoms with van der Waals surface area (Å²) in [6.45, 7) is 1.22. The number of fused-ring (bicyclic) bond motifs is 2. The number of aromatic nitrogens is 2. The number of aliphatic hydroxyl groups is 1. The maximum Gasteiger partial charge on any atom is 0.416 e. The fourth-order valence-electron chi connectivity index (χ4n) is 5.62. The van der Waals surface area contributed by atoms with Crippen LogP contribution >= 0.6 is 11.6 Å². The number of benzene rings is 2. The first-order valence-corrected chi connectivity index (χ1v) is 14.4. The number of methoxy groups -OCH3 is 1. The largest absolute Gasteiger partial charge is 0.494 e. The van der Waals surface area contributed by atoms with E-state index in [9.17, 15) is 27.9 Å². The second-order valence-electron chi connectivity index (χ2n) is 11.6. The van der Waals surface area contributed by atoms with Gasteiger partial charge in [-0.25, -0.2) is 4.98 Å². The molecule has 2 atom stereocenters. The molecule has 3 heterocycles. The lowest BCUT2D eigenvalue weighted by atomic mass is 9.81. The fourth-order valence-corrected chi connectivity index (χ4v) is 5.79. The smallest absolute Gasteiger partial charge is 0.416 e. The Bertz CT molecular complexity index is 1850. The number of hydrogen-bond acceptors (Lipinski definition) is 7. The molecule has 0 saturated heterocycles. The molecule has 1 saturated carbocycles. The number of hydrogen-bond donors (Lipinski definition) is 3. The van der Waals surface area contributed by atoms with Gasteiger partial charge in [-0.05, 0) is 62.1 Å². The van der Waals surface area contributed by atoms with E-state index in [1.165, 1.54) is 37.6 Å². The number of ether oxygens (including phenoxy) is 2. The highest BCUT2D eigenvalue weighted by Gasteiger charge is 2.50. The van der Waals surface area contributed by atoms with E-state index in [-0.39, 0.29) is 47.3 Å². The fraction of sp³-hybridized carbons (Fsp3) is 0.312. The number of nitrogens with two attached hydrogens (primary N) is 1. The van der Waals surface area contributed by atoms with Crippen LogP contribution in [-0.2, 0) is 22.0 Å². The highest BCUT2D eigenvalue weighted by Crippen LogP contribution is 2.50. The third kappa shape index (κ3) is 5.42. The van der Waals surface area contributed by atoms with Gasteiger partial charge in [0.05, 0.1) is 29.9 Å². The quantitative estimate of drug-likeness (QED) is 0.243. The molecule has 2 amide bonds. The van der Waals surface area contributed by atoms with Crippen molar-refractivity contribution in [2.24, 2.45) is 11.7 Å². The molecule has 9 nitrogen and oxygen atoms in total. The van der Waals surface area contributed by atoms with Crippen LogP contribution in [0.15, 0.2) is 54.7 Å². The molecule has 0 radical (unpaired) electrons. The zero-order valence-corrected chi connectivity index (χ0v) is 24.9. The second-order valence-corrected chi connectivity index (χ2v) is 12.0. The first-order valence-electron chi connectivity index (χ1n) is 14.0. The Balaban J connectivity index is 1.40. The van der Waals surface area contributed by atoms with Crippen molar-refractivity contribution >= 4 is 34.3 Å². The van der Waals surface area contributed by atoms with Gasteiger partial charge in [-0.1, -0.05) is 23.7 Å². The summed E-state index contributed by atoms with van der Waals surface area (Å²) >= 11 is 6.11. The van der Waals surface area contributed by atoms with Crippen molar-refractivity contribution < 1.29 is 37.3 Å². The Morgan fingerprint density at radius 3 is 2.51 bits per heavy atom. The van der Waals surface area contributed by atoms with Crippen LogP contribution in [0.3, 0.4) is 0 Å². The Morgan fingerprint density at radius 1 is 1.18 bits per heavy atom.